The first-order valence-corrected chi connectivity index (χ1v) is 12.4. The second kappa shape index (κ2) is 8.62. The summed E-state index contributed by atoms with van der Waals surface area (Å²) in [5.41, 5.74) is 1.92. The predicted octanol–water partition coefficient (Wildman–Crippen LogP) is 1.84. The summed E-state index contributed by atoms with van der Waals surface area (Å²) in [5.74, 6) is 0.822. The first kappa shape index (κ1) is 20.0. The number of nitrogens with zero attached hydrogens (tertiary/aromatic N) is 4. The van der Waals surface area contributed by atoms with Crippen molar-refractivity contribution in [1.82, 2.24) is 10.2 Å². The van der Waals surface area contributed by atoms with Gasteiger partial charge in [-0.05, 0) is 35.6 Å². The molecule has 0 radical (unpaired) electrons. The molecule has 156 valence electrons. The van der Waals surface area contributed by atoms with Gasteiger partial charge in [0, 0.05) is 46.3 Å². The molecule has 0 aliphatic carbocycles. The van der Waals surface area contributed by atoms with E-state index in [1.165, 1.54) is 5.00 Å². The highest BCUT2D eigenvalue weighted by Gasteiger charge is 2.29. The predicted molar refractivity (Wildman–Crippen MR) is 121 cm³/mol. The smallest absolute Gasteiger partial charge is 0.236 e. The second-order valence-corrected chi connectivity index (χ2v) is 10.1. The number of para-hydroxylation sites is 1. The van der Waals surface area contributed by atoms with E-state index in [0.717, 1.165) is 49.8 Å². The van der Waals surface area contributed by atoms with Crippen LogP contribution in [-0.2, 0) is 16.4 Å². The molecule has 0 unspecified atom stereocenters. The lowest BCUT2D eigenvalue weighted by Crippen LogP contribution is -2.53. The van der Waals surface area contributed by atoms with Crippen LogP contribution in [0.4, 0.5) is 10.7 Å². The summed E-state index contributed by atoms with van der Waals surface area (Å²) in [6.45, 7) is 4.47. The fourth-order valence-electron chi connectivity index (χ4n) is 3.92. The molecule has 7 nitrogen and oxygen atoms in total. The number of hydrogen-bond acceptors (Lipinski definition) is 5. The van der Waals surface area contributed by atoms with Crippen LogP contribution in [0, 0.1) is 0 Å². The average Bonchev–Trinajstić information content (AvgIpc) is 3.41. The van der Waals surface area contributed by atoms with Crippen LogP contribution in [0.5, 0.6) is 0 Å². The van der Waals surface area contributed by atoms with Crippen LogP contribution in [0.3, 0.4) is 0 Å². The maximum absolute atomic E-state index is 12.8. The van der Waals surface area contributed by atoms with Crippen LogP contribution in [0.15, 0.2) is 46.8 Å². The molecule has 29 heavy (non-hydrogen) atoms. The fourth-order valence-corrected chi connectivity index (χ4v) is 6.13. The van der Waals surface area contributed by atoms with Crippen LogP contribution in [0.2, 0.25) is 0 Å². The number of fused-ring (bicyclic) bond motifs is 1. The van der Waals surface area contributed by atoms with Gasteiger partial charge in [0.1, 0.15) is 0 Å². The lowest BCUT2D eigenvalue weighted by Gasteiger charge is -2.37. The summed E-state index contributed by atoms with van der Waals surface area (Å²) in [6.07, 6.45) is 0.777. The molecule has 2 aliphatic rings. The Morgan fingerprint density at radius 1 is 1.10 bits per heavy atom. The molecular weight excluding hydrogens is 406 g/mol. The van der Waals surface area contributed by atoms with E-state index in [1.54, 1.807) is 22.7 Å². The summed E-state index contributed by atoms with van der Waals surface area (Å²) < 4.78 is 27.2. The third-order valence-electron chi connectivity index (χ3n) is 5.43. The molecule has 0 amide bonds. The van der Waals surface area contributed by atoms with Gasteiger partial charge in [-0.3, -0.25) is 9.30 Å². The van der Waals surface area contributed by atoms with Crippen molar-refractivity contribution in [3.63, 3.8) is 0 Å². The van der Waals surface area contributed by atoms with Crippen molar-refractivity contribution >= 4 is 38.0 Å². The van der Waals surface area contributed by atoms with E-state index in [-0.39, 0.29) is 5.75 Å². The Morgan fingerprint density at radius 2 is 1.90 bits per heavy atom. The van der Waals surface area contributed by atoms with E-state index in [2.05, 4.69) is 37.6 Å². The average molecular weight is 434 g/mol. The molecule has 4 rings (SSSR count). The first-order valence-electron chi connectivity index (χ1n) is 9.91. The summed E-state index contributed by atoms with van der Waals surface area (Å²) in [6, 6.07) is 12.0. The van der Waals surface area contributed by atoms with E-state index in [0.29, 0.717) is 13.1 Å². The Hall–Kier alpha value is -2.26. The van der Waals surface area contributed by atoms with Gasteiger partial charge in [0.2, 0.25) is 10.0 Å². The van der Waals surface area contributed by atoms with Gasteiger partial charge in [0.05, 0.1) is 16.4 Å². The first-order chi connectivity index (χ1) is 14.1. The summed E-state index contributed by atoms with van der Waals surface area (Å²) in [4.78, 5) is 8.93. The summed E-state index contributed by atoms with van der Waals surface area (Å²) in [7, 11) is -1.61. The zero-order chi connectivity index (χ0) is 20.3. The van der Waals surface area contributed by atoms with Crippen LogP contribution >= 0.6 is 11.3 Å². The third kappa shape index (κ3) is 4.35. The van der Waals surface area contributed by atoms with Crippen molar-refractivity contribution in [2.75, 3.05) is 61.3 Å². The topological polar surface area (TPSA) is 68.2 Å². The summed E-state index contributed by atoms with van der Waals surface area (Å²) >= 11 is 1.76. The molecule has 2 aliphatic heterocycles. The normalized spacial score (nSPS) is 17.6. The molecule has 3 heterocycles. The summed E-state index contributed by atoms with van der Waals surface area (Å²) in [5, 5.41) is 6.64. The van der Waals surface area contributed by atoms with E-state index in [1.807, 2.05) is 24.3 Å². The molecule has 1 fully saturated rings. The van der Waals surface area contributed by atoms with Crippen molar-refractivity contribution < 1.29 is 8.42 Å². The molecule has 1 saturated heterocycles. The number of hydrogen-bond donors (Lipinski definition) is 1. The van der Waals surface area contributed by atoms with Gasteiger partial charge in [-0.1, -0.05) is 18.2 Å². The quantitative estimate of drug-likeness (QED) is 0.576. The van der Waals surface area contributed by atoms with Crippen LogP contribution in [0.1, 0.15) is 5.56 Å². The second-order valence-electron chi connectivity index (χ2n) is 7.17. The number of anilines is 2. The van der Waals surface area contributed by atoms with Gasteiger partial charge < -0.3 is 15.1 Å². The van der Waals surface area contributed by atoms with Gasteiger partial charge in [-0.25, -0.2) is 8.42 Å². The van der Waals surface area contributed by atoms with Crippen molar-refractivity contribution in [3.8, 4) is 0 Å². The van der Waals surface area contributed by atoms with E-state index >= 15 is 0 Å². The fraction of sp³-hybridized carbons (Fsp3) is 0.450. The molecule has 9 heteroatoms. The molecule has 2 aromatic rings. The number of benzene rings is 1. The van der Waals surface area contributed by atoms with Crippen molar-refractivity contribution in [2.24, 2.45) is 4.99 Å². The third-order valence-corrected chi connectivity index (χ3v) is 8.13. The molecular formula is C20H27N5O2S2. The minimum absolute atomic E-state index is 0.0511. The number of piperazine rings is 1. The SMILES string of the molecule is CN=C(NCCS(=O)(=O)N1CCc2ccccc21)N1CCN(c2cccs2)CC1. The molecule has 1 N–H and O–H groups in total. The highest BCUT2D eigenvalue weighted by Crippen LogP contribution is 2.29. The standard InChI is InChI=1S/C20H27N5O2S2/c1-21-20(24-13-11-23(12-14-24)19-7-4-15-28-19)22-9-16-29(26,27)25-10-8-17-5-2-3-6-18(17)25/h2-7,15H,8-14,16H2,1H3,(H,21,22). The minimum Gasteiger partial charge on any atom is -0.360 e. The Morgan fingerprint density at radius 3 is 2.62 bits per heavy atom. The minimum atomic E-state index is -3.36. The molecule has 0 bridgehead atoms. The molecule has 0 atom stereocenters. The van der Waals surface area contributed by atoms with Gasteiger partial charge >= 0.3 is 0 Å². The van der Waals surface area contributed by atoms with Crippen LogP contribution < -0.4 is 14.5 Å². The number of sulfonamides is 1. The number of nitrogens with one attached hydrogen (secondary N) is 1. The van der Waals surface area contributed by atoms with E-state index in [4.69, 9.17) is 0 Å². The van der Waals surface area contributed by atoms with Gasteiger partial charge in [0.25, 0.3) is 0 Å². The molecule has 1 aromatic heterocycles. The number of rotatable bonds is 5. The number of thiophene rings is 1. The van der Waals surface area contributed by atoms with Gasteiger partial charge in [-0.15, -0.1) is 11.3 Å². The molecule has 0 saturated carbocycles. The highest BCUT2D eigenvalue weighted by atomic mass is 32.2. The number of guanidine groups is 1. The maximum Gasteiger partial charge on any atom is 0.236 e. The van der Waals surface area contributed by atoms with E-state index < -0.39 is 10.0 Å². The Balaban J connectivity index is 1.29. The van der Waals surface area contributed by atoms with Crippen molar-refractivity contribution in [3.05, 3.63) is 47.3 Å². The molecule has 1 aromatic carbocycles. The largest absolute Gasteiger partial charge is 0.360 e. The van der Waals surface area contributed by atoms with Crippen molar-refractivity contribution in [2.45, 2.75) is 6.42 Å². The lowest BCUT2D eigenvalue weighted by molar-refractivity contribution is 0.374. The van der Waals surface area contributed by atoms with E-state index in [9.17, 15) is 8.42 Å². The Bertz CT molecular complexity index is 951. The monoisotopic (exact) mass is 433 g/mol. The van der Waals surface area contributed by atoms with Gasteiger partial charge in [0.15, 0.2) is 5.96 Å². The lowest BCUT2D eigenvalue weighted by atomic mass is 10.2. The van der Waals surface area contributed by atoms with Gasteiger partial charge in [-0.2, -0.15) is 0 Å². The molecule has 0 spiro atoms. The Kier molecular flexibility index (Phi) is 5.96. The number of aliphatic imine (C=N–C) groups is 1. The van der Waals surface area contributed by atoms with Crippen LogP contribution in [-0.4, -0.2) is 71.3 Å². The van der Waals surface area contributed by atoms with Crippen molar-refractivity contribution in [1.29, 1.82) is 0 Å². The highest BCUT2D eigenvalue weighted by molar-refractivity contribution is 7.92. The maximum atomic E-state index is 12.8. The van der Waals surface area contributed by atoms with Crippen LogP contribution in [0.25, 0.3) is 0 Å². The zero-order valence-corrected chi connectivity index (χ0v) is 18.3. The zero-order valence-electron chi connectivity index (χ0n) is 16.6. The Labute approximate surface area is 176 Å².